The second-order valence-corrected chi connectivity index (χ2v) is 10.8. The molecule has 0 unspecified atom stereocenters. The van der Waals surface area contributed by atoms with Gasteiger partial charge in [0.05, 0.1) is 36.8 Å². The lowest BCUT2D eigenvalue weighted by Gasteiger charge is -2.37. The Morgan fingerprint density at radius 1 is 1.27 bits per heavy atom. The quantitative estimate of drug-likeness (QED) is 0.317. The highest BCUT2D eigenvalue weighted by molar-refractivity contribution is 5.93. The predicted octanol–water partition coefficient (Wildman–Crippen LogP) is 4.37. The van der Waals surface area contributed by atoms with Crippen molar-refractivity contribution in [1.29, 1.82) is 0 Å². The van der Waals surface area contributed by atoms with Crippen LogP contribution in [0.2, 0.25) is 0 Å². The van der Waals surface area contributed by atoms with Gasteiger partial charge in [-0.1, -0.05) is 11.2 Å². The number of nitrogens with zero attached hydrogens (tertiary/aromatic N) is 4. The van der Waals surface area contributed by atoms with E-state index >= 15 is 0 Å². The summed E-state index contributed by atoms with van der Waals surface area (Å²) < 4.78 is 78.3. The van der Waals surface area contributed by atoms with Gasteiger partial charge in [0, 0.05) is 5.92 Å². The molecule has 1 aromatic carbocycles. The van der Waals surface area contributed by atoms with Crippen molar-refractivity contribution in [3.8, 4) is 0 Å². The summed E-state index contributed by atoms with van der Waals surface area (Å²) in [5.41, 5.74) is -0.938. The molecule has 5 rings (SSSR count). The molecule has 1 aliphatic carbocycles. The fourth-order valence-electron chi connectivity index (χ4n) is 4.41. The first-order chi connectivity index (χ1) is 19.1. The summed E-state index contributed by atoms with van der Waals surface area (Å²) in [6.45, 7) is 1.22. The van der Waals surface area contributed by atoms with Crippen LogP contribution >= 0.6 is 0 Å². The van der Waals surface area contributed by atoms with E-state index in [4.69, 9.17) is 9.37 Å². The van der Waals surface area contributed by atoms with E-state index in [1.807, 2.05) is 0 Å². The van der Waals surface area contributed by atoms with Crippen LogP contribution in [-0.4, -0.2) is 74.5 Å². The van der Waals surface area contributed by atoms with Crippen molar-refractivity contribution in [3.63, 3.8) is 0 Å². The van der Waals surface area contributed by atoms with Gasteiger partial charge in [0.15, 0.2) is 11.3 Å². The first kappa shape index (κ1) is 28.7. The summed E-state index contributed by atoms with van der Waals surface area (Å²) in [6, 6.07) is 2.25. The molecule has 11 nitrogen and oxygen atoms in total. The Morgan fingerprint density at radius 3 is 2.68 bits per heavy atom. The molecule has 2 atom stereocenters. The second kappa shape index (κ2) is 10.2. The Kier molecular flexibility index (Phi) is 7.16. The minimum absolute atomic E-state index is 0.0226. The maximum atomic E-state index is 14.0. The number of urea groups is 1. The lowest BCUT2D eigenvalue weighted by atomic mass is 10.0. The van der Waals surface area contributed by atoms with Crippen molar-refractivity contribution < 1.29 is 40.9 Å². The van der Waals surface area contributed by atoms with Gasteiger partial charge < -0.3 is 25.3 Å². The lowest BCUT2D eigenvalue weighted by Crippen LogP contribution is -2.57. The van der Waals surface area contributed by atoms with Gasteiger partial charge in [-0.15, -0.1) is 0 Å². The number of ether oxygens (including phenoxy) is 1. The smallest absolute Gasteiger partial charge is 0.364 e. The molecule has 16 heteroatoms. The van der Waals surface area contributed by atoms with E-state index in [0.717, 1.165) is 31.6 Å². The average molecular weight is 586 g/mol. The topological polar surface area (TPSA) is 138 Å². The minimum Gasteiger partial charge on any atom is -0.364 e. The Morgan fingerprint density at radius 2 is 2.00 bits per heavy atom. The molecular formula is C25H28F5N7O4. The number of hydrogen-bond acceptors (Lipinski definition) is 7. The molecule has 2 aliphatic rings. The monoisotopic (exact) mass is 585 g/mol. The number of imidazole rings is 1. The number of fused-ring (bicyclic) bond motifs is 1. The fourth-order valence-corrected chi connectivity index (χ4v) is 4.41. The summed E-state index contributed by atoms with van der Waals surface area (Å²) in [4.78, 5) is 33.8. The third-order valence-electron chi connectivity index (χ3n) is 7.26. The molecule has 0 bridgehead atoms. The number of carbonyl (C=O) groups is 2. The Bertz CT molecular complexity index is 1450. The standard InChI is InChI=1S/C25H28F5N7O4/c1-12(37-11-24(26,27)10-31-22(37)39)14-6-7-15-16(8-14)33-20(32-15)17(9-40-23(2,3)25(28,29)30)34-21(38)19-18(13-4-5-13)35-41-36-19/h6-8,12-13,17H,4-5,9-11H2,1-3H3,(H,31,39)(H,32,33)(H,34,38)/t12-,17+/m1/s1. The molecule has 3 aromatic rings. The normalized spacial score (nSPS) is 19.2. The summed E-state index contributed by atoms with van der Waals surface area (Å²) in [5.74, 6) is -3.71. The number of benzene rings is 1. The van der Waals surface area contributed by atoms with E-state index in [2.05, 4.69) is 30.9 Å². The summed E-state index contributed by atoms with van der Waals surface area (Å²) in [7, 11) is 0. The maximum Gasteiger partial charge on any atom is 0.416 e. The highest BCUT2D eigenvalue weighted by atomic mass is 19.4. The molecule has 0 spiro atoms. The van der Waals surface area contributed by atoms with Crippen molar-refractivity contribution in [2.24, 2.45) is 0 Å². The van der Waals surface area contributed by atoms with Crippen LogP contribution in [0.3, 0.4) is 0 Å². The molecule has 1 saturated heterocycles. The number of alkyl halides is 5. The van der Waals surface area contributed by atoms with Gasteiger partial charge >= 0.3 is 12.2 Å². The third-order valence-corrected chi connectivity index (χ3v) is 7.26. The van der Waals surface area contributed by atoms with Gasteiger partial charge in [0.25, 0.3) is 11.8 Å². The number of halogens is 5. The minimum atomic E-state index is -4.69. The van der Waals surface area contributed by atoms with Crippen LogP contribution in [0.5, 0.6) is 0 Å². The first-order valence-corrected chi connectivity index (χ1v) is 12.9. The van der Waals surface area contributed by atoms with Crippen molar-refractivity contribution in [3.05, 3.63) is 41.0 Å². The number of amides is 3. The van der Waals surface area contributed by atoms with Gasteiger partial charge in [-0.05, 0) is 56.5 Å². The van der Waals surface area contributed by atoms with Gasteiger partial charge in [-0.2, -0.15) is 13.2 Å². The number of rotatable bonds is 9. The Hall–Kier alpha value is -3.82. The van der Waals surface area contributed by atoms with E-state index in [1.165, 1.54) is 0 Å². The molecule has 41 heavy (non-hydrogen) atoms. The van der Waals surface area contributed by atoms with Crippen LogP contribution in [0, 0.1) is 0 Å². The zero-order valence-corrected chi connectivity index (χ0v) is 22.3. The number of carbonyl (C=O) groups excluding carboxylic acids is 2. The lowest BCUT2D eigenvalue weighted by molar-refractivity contribution is -0.265. The van der Waals surface area contributed by atoms with Gasteiger partial charge in [0.1, 0.15) is 17.6 Å². The molecule has 0 radical (unpaired) electrons. The number of hydrogen-bond donors (Lipinski definition) is 3. The molecule has 2 aromatic heterocycles. The average Bonchev–Trinajstić information content (AvgIpc) is 3.46. The second-order valence-electron chi connectivity index (χ2n) is 10.8. The predicted molar refractivity (Wildman–Crippen MR) is 132 cm³/mol. The van der Waals surface area contributed by atoms with Crippen molar-refractivity contribution in [2.45, 2.75) is 69.3 Å². The van der Waals surface area contributed by atoms with E-state index in [1.54, 1.807) is 25.1 Å². The van der Waals surface area contributed by atoms with Crippen LogP contribution in [0.25, 0.3) is 11.0 Å². The maximum absolute atomic E-state index is 14.0. The molecule has 222 valence electrons. The summed E-state index contributed by atoms with van der Waals surface area (Å²) in [5, 5.41) is 12.2. The van der Waals surface area contributed by atoms with Crippen LogP contribution in [0.15, 0.2) is 22.8 Å². The van der Waals surface area contributed by atoms with E-state index in [-0.39, 0.29) is 17.4 Å². The van der Waals surface area contributed by atoms with Crippen molar-refractivity contribution in [1.82, 2.24) is 35.8 Å². The van der Waals surface area contributed by atoms with Crippen LogP contribution in [0.4, 0.5) is 26.7 Å². The number of nitrogens with one attached hydrogen (secondary N) is 3. The zero-order valence-electron chi connectivity index (χ0n) is 22.3. The van der Waals surface area contributed by atoms with Crippen LogP contribution < -0.4 is 10.6 Å². The number of H-pyrrole nitrogens is 1. The first-order valence-electron chi connectivity index (χ1n) is 12.9. The van der Waals surface area contributed by atoms with Gasteiger partial charge in [-0.25, -0.2) is 23.2 Å². The number of aromatic nitrogens is 4. The molecule has 3 heterocycles. The largest absolute Gasteiger partial charge is 0.416 e. The Labute approximate surface area is 230 Å². The molecule has 3 amide bonds. The summed E-state index contributed by atoms with van der Waals surface area (Å²) in [6.07, 6.45) is -3.07. The van der Waals surface area contributed by atoms with Crippen LogP contribution in [0.1, 0.15) is 79.2 Å². The van der Waals surface area contributed by atoms with E-state index < -0.39 is 61.4 Å². The van der Waals surface area contributed by atoms with Gasteiger partial charge in [-0.3, -0.25) is 4.79 Å². The van der Waals surface area contributed by atoms with Crippen molar-refractivity contribution >= 4 is 23.0 Å². The molecule has 1 saturated carbocycles. The van der Waals surface area contributed by atoms with Crippen LogP contribution in [-0.2, 0) is 4.74 Å². The molecule has 1 aliphatic heterocycles. The van der Waals surface area contributed by atoms with E-state index in [9.17, 15) is 31.5 Å². The van der Waals surface area contributed by atoms with Gasteiger partial charge in [0.2, 0.25) is 0 Å². The molecular weight excluding hydrogens is 557 g/mol. The molecule has 2 fully saturated rings. The molecule has 3 N–H and O–H groups in total. The third kappa shape index (κ3) is 5.96. The Balaban J connectivity index is 1.42. The zero-order chi connectivity index (χ0) is 29.7. The fraction of sp³-hybridized carbons (Fsp3) is 0.560. The number of aromatic amines is 1. The van der Waals surface area contributed by atoms with E-state index in [0.29, 0.717) is 22.3 Å². The summed E-state index contributed by atoms with van der Waals surface area (Å²) >= 11 is 0. The highest BCUT2D eigenvalue weighted by Crippen LogP contribution is 2.40. The SMILES string of the molecule is C[C@H](c1ccc2[nH]c([C@H](COC(C)(C)C(F)(F)F)NC(=O)c3nonc3C3CC3)nc2c1)N1CC(F)(F)CNC1=O. The highest BCUT2D eigenvalue weighted by Gasteiger charge is 2.49. The van der Waals surface area contributed by atoms with Crippen molar-refractivity contribution in [2.75, 3.05) is 19.7 Å².